The van der Waals surface area contributed by atoms with Crippen LogP contribution in [0, 0.1) is 13.8 Å². The molecule has 2 aromatic carbocycles. The van der Waals surface area contributed by atoms with Crippen LogP contribution in [0.3, 0.4) is 0 Å². The molecule has 7 heteroatoms. The highest BCUT2D eigenvalue weighted by atomic mass is 32.2. The first-order chi connectivity index (χ1) is 15.5. The number of rotatable bonds is 7. The van der Waals surface area contributed by atoms with Crippen LogP contribution in [0.25, 0.3) is 22.9 Å². The van der Waals surface area contributed by atoms with Crippen molar-refractivity contribution in [3.63, 3.8) is 0 Å². The maximum absolute atomic E-state index is 11.9. The van der Waals surface area contributed by atoms with Crippen LogP contribution in [0.1, 0.15) is 29.7 Å². The number of benzene rings is 2. The predicted molar refractivity (Wildman–Crippen MR) is 128 cm³/mol. The van der Waals surface area contributed by atoms with Crippen molar-refractivity contribution in [2.75, 3.05) is 0 Å². The van der Waals surface area contributed by atoms with Gasteiger partial charge in [0.05, 0.1) is 0 Å². The van der Waals surface area contributed by atoms with Crippen molar-refractivity contribution in [2.45, 2.75) is 32.3 Å². The molecule has 0 unspecified atom stereocenters. The summed E-state index contributed by atoms with van der Waals surface area (Å²) in [5.74, 6) is -0.274. The fourth-order valence-electron chi connectivity index (χ4n) is 3.62. The Bertz CT molecular complexity index is 1270. The smallest absolute Gasteiger partial charge is 0.342 e. The Morgan fingerprint density at radius 2 is 1.78 bits per heavy atom. The predicted octanol–water partition coefficient (Wildman–Crippen LogP) is 5.66. The molecule has 162 valence electrons. The molecule has 4 rings (SSSR count). The van der Waals surface area contributed by atoms with E-state index in [9.17, 15) is 9.90 Å². The molecule has 0 aliphatic rings. The van der Waals surface area contributed by atoms with Crippen molar-refractivity contribution < 1.29 is 9.90 Å². The highest BCUT2D eigenvalue weighted by Gasteiger charge is 2.16. The van der Waals surface area contributed by atoms with E-state index >= 15 is 0 Å². The monoisotopic (exact) mass is 444 g/mol. The molecule has 0 amide bonds. The summed E-state index contributed by atoms with van der Waals surface area (Å²) in [4.78, 5) is 16.3. The first-order valence-corrected chi connectivity index (χ1v) is 11.2. The van der Waals surface area contributed by atoms with Crippen molar-refractivity contribution in [2.24, 2.45) is 0 Å². The van der Waals surface area contributed by atoms with E-state index in [1.807, 2.05) is 45.0 Å². The van der Waals surface area contributed by atoms with Crippen molar-refractivity contribution in [3.05, 3.63) is 88.3 Å². The maximum atomic E-state index is 11.9. The second kappa shape index (κ2) is 9.28. The second-order valence-electron chi connectivity index (χ2n) is 7.41. The number of carbonyl (C=O) groups is 1. The normalized spacial score (nSPS) is 11.7. The van der Waals surface area contributed by atoms with Gasteiger partial charge in [-0.15, -0.1) is 5.10 Å². The lowest BCUT2D eigenvalue weighted by Gasteiger charge is -2.11. The third-order valence-corrected chi connectivity index (χ3v) is 6.13. The largest absolute Gasteiger partial charge is 0.477 e. The van der Waals surface area contributed by atoms with Crippen LogP contribution < -0.4 is 0 Å². The number of hydrogen-bond donors (Lipinski definition) is 2. The van der Waals surface area contributed by atoms with E-state index in [2.05, 4.69) is 56.1 Å². The molecule has 2 heterocycles. The Morgan fingerprint density at radius 3 is 2.41 bits per heavy atom. The number of hydrogen-bond acceptors (Lipinski definition) is 4. The first-order valence-electron chi connectivity index (χ1n) is 10.3. The van der Waals surface area contributed by atoms with Crippen LogP contribution in [0.5, 0.6) is 0 Å². The number of aryl methyl sites for hydroxylation is 2. The molecule has 6 nitrogen and oxygen atoms in total. The SMILES string of the molecule is CCc1nc(S/C(=C\c2cc(C)n(-c3ccc(-c4ccccc4)cc3)c2C)C(=O)O)n[nH]1. The average Bonchev–Trinajstić information content (AvgIpc) is 3.37. The van der Waals surface area contributed by atoms with Gasteiger partial charge in [0.25, 0.3) is 0 Å². The fraction of sp³-hybridized carbons (Fsp3) is 0.160. The van der Waals surface area contributed by atoms with Gasteiger partial charge in [0, 0.05) is 23.5 Å². The van der Waals surface area contributed by atoms with E-state index < -0.39 is 5.97 Å². The van der Waals surface area contributed by atoms with Gasteiger partial charge in [0.2, 0.25) is 5.16 Å². The van der Waals surface area contributed by atoms with Gasteiger partial charge in [0.1, 0.15) is 10.7 Å². The van der Waals surface area contributed by atoms with Crippen LogP contribution in [-0.4, -0.2) is 30.8 Å². The number of aliphatic carboxylic acids is 1. The fourth-order valence-corrected chi connectivity index (χ4v) is 4.34. The zero-order valence-electron chi connectivity index (χ0n) is 18.2. The number of thioether (sulfide) groups is 1. The molecule has 0 spiro atoms. The molecular weight excluding hydrogens is 420 g/mol. The van der Waals surface area contributed by atoms with Crippen molar-refractivity contribution in [3.8, 4) is 16.8 Å². The lowest BCUT2D eigenvalue weighted by Crippen LogP contribution is -2.00. The summed E-state index contributed by atoms with van der Waals surface area (Å²) in [5.41, 5.74) is 6.21. The van der Waals surface area contributed by atoms with Gasteiger partial charge >= 0.3 is 5.97 Å². The second-order valence-corrected chi connectivity index (χ2v) is 8.42. The molecule has 2 N–H and O–H groups in total. The molecule has 0 radical (unpaired) electrons. The van der Waals surface area contributed by atoms with Crippen LogP contribution in [0.4, 0.5) is 0 Å². The van der Waals surface area contributed by atoms with Gasteiger partial charge < -0.3 is 9.67 Å². The van der Waals surface area contributed by atoms with Crippen LogP contribution in [-0.2, 0) is 11.2 Å². The standard InChI is InChI=1S/C25H24N4O2S/c1-4-23-26-25(28-27-23)32-22(24(30)31)15-20-14-16(2)29(17(20)3)21-12-10-19(11-13-21)18-8-6-5-7-9-18/h5-15H,4H2,1-3H3,(H,30,31)(H,26,27,28)/b22-15-. The molecule has 0 bridgehead atoms. The van der Waals surface area contributed by atoms with Crippen LogP contribution in [0.2, 0.25) is 0 Å². The van der Waals surface area contributed by atoms with Gasteiger partial charge in [-0.2, -0.15) is 0 Å². The zero-order valence-corrected chi connectivity index (χ0v) is 19.0. The minimum absolute atomic E-state index is 0.173. The molecule has 0 saturated carbocycles. The summed E-state index contributed by atoms with van der Waals surface area (Å²) in [6.45, 7) is 5.98. The topological polar surface area (TPSA) is 83.8 Å². The number of aromatic nitrogens is 4. The maximum Gasteiger partial charge on any atom is 0.342 e. The van der Waals surface area contributed by atoms with Crippen molar-refractivity contribution in [1.29, 1.82) is 0 Å². The van der Waals surface area contributed by atoms with Gasteiger partial charge in [0.15, 0.2) is 0 Å². The number of nitrogens with one attached hydrogen (secondary N) is 1. The van der Waals surface area contributed by atoms with Gasteiger partial charge in [-0.3, -0.25) is 5.10 Å². The van der Waals surface area contributed by atoms with E-state index in [1.54, 1.807) is 6.08 Å². The lowest BCUT2D eigenvalue weighted by molar-refractivity contribution is -0.131. The van der Waals surface area contributed by atoms with E-state index in [0.717, 1.165) is 45.8 Å². The number of H-pyrrole nitrogens is 1. The molecular formula is C25H24N4O2S. The first kappa shape index (κ1) is 21.6. The van der Waals surface area contributed by atoms with E-state index in [4.69, 9.17) is 0 Å². The molecule has 4 aromatic rings. The zero-order chi connectivity index (χ0) is 22.7. The third-order valence-electron chi connectivity index (χ3n) is 5.25. The molecule has 32 heavy (non-hydrogen) atoms. The minimum atomic E-state index is -1.00. The van der Waals surface area contributed by atoms with Crippen LogP contribution >= 0.6 is 11.8 Å². The minimum Gasteiger partial charge on any atom is -0.477 e. The average molecular weight is 445 g/mol. The summed E-state index contributed by atoms with van der Waals surface area (Å²) in [7, 11) is 0. The Balaban J connectivity index is 1.65. The Kier molecular flexibility index (Phi) is 6.28. The Labute approximate surface area is 191 Å². The molecule has 0 atom stereocenters. The molecule has 0 aliphatic carbocycles. The summed E-state index contributed by atoms with van der Waals surface area (Å²) in [5, 5.41) is 17.0. The third kappa shape index (κ3) is 4.53. The molecule has 0 fully saturated rings. The lowest BCUT2D eigenvalue weighted by atomic mass is 10.1. The Hall–Kier alpha value is -3.58. The van der Waals surface area contributed by atoms with Gasteiger partial charge in [-0.1, -0.05) is 49.4 Å². The summed E-state index contributed by atoms with van der Waals surface area (Å²) in [6.07, 6.45) is 2.40. The van der Waals surface area contributed by atoms with E-state index in [0.29, 0.717) is 11.6 Å². The quantitative estimate of drug-likeness (QED) is 0.284. The number of carboxylic acid groups (broad SMARTS) is 1. The van der Waals surface area contributed by atoms with Crippen molar-refractivity contribution >= 4 is 23.8 Å². The summed E-state index contributed by atoms with van der Waals surface area (Å²) >= 11 is 1.05. The highest BCUT2D eigenvalue weighted by Crippen LogP contribution is 2.30. The van der Waals surface area contributed by atoms with E-state index in [1.165, 1.54) is 5.56 Å². The van der Waals surface area contributed by atoms with E-state index in [-0.39, 0.29) is 4.91 Å². The molecule has 2 aromatic heterocycles. The number of carboxylic acids is 1. The van der Waals surface area contributed by atoms with Gasteiger partial charge in [-0.25, -0.2) is 9.78 Å². The number of aromatic amines is 1. The molecule has 0 saturated heterocycles. The summed E-state index contributed by atoms with van der Waals surface area (Å²) in [6, 6.07) is 20.6. The van der Waals surface area contributed by atoms with Gasteiger partial charge in [-0.05, 0) is 66.6 Å². The Morgan fingerprint density at radius 1 is 1.09 bits per heavy atom. The van der Waals surface area contributed by atoms with Crippen molar-refractivity contribution in [1.82, 2.24) is 19.7 Å². The highest BCUT2D eigenvalue weighted by molar-refractivity contribution is 8.04. The number of nitrogens with zero attached hydrogens (tertiary/aromatic N) is 3. The summed E-state index contributed by atoms with van der Waals surface area (Å²) < 4.78 is 2.13. The van der Waals surface area contributed by atoms with Crippen LogP contribution in [0.15, 0.2) is 70.7 Å². The molecule has 0 aliphatic heterocycles.